The standard InChI is InChI=1S/C20H18ClN3O2S/c1-13-9-14(2)11-17(10-13)24-8-7-22-19(20(24)26)27-12-18(25)23-16-5-3-15(21)4-6-16/h3-11H,12H2,1-2H3,(H,23,25). The summed E-state index contributed by atoms with van der Waals surface area (Å²) in [6.07, 6.45) is 3.20. The summed E-state index contributed by atoms with van der Waals surface area (Å²) >= 11 is 6.94. The number of halogens is 1. The lowest BCUT2D eigenvalue weighted by Crippen LogP contribution is -2.22. The van der Waals surface area contributed by atoms with Crippen molar-refractivity contribution in [2.24, 2.45) is 0 Å². The van der Waals surface area contributed by atoms with Gasteiger partial charge in [-0.15, -0.1) is 0 Å². The first-order chi connectivity index (χ1) is 12.9. The van der Waals surface area contributed by atoms with Crippen molar-refractivity contribution < 1.29 is 4.79 Å². The highest BCUT2D eigenvalue weighted by Crippen LogP contribution is 2.16. The third-order valence-corrected chi connectivity index (χ3v) is 4.97. The summed E-state index contributed by atoms with van der Waals surface area (Å²) in [5.41, 5.74) is 3.34. The number of nitrogens with one attached hydrogen (secondary N) is 1. The molecule has 0 saturated carbocycles. The second-order valence-electron chi connectivity index (χ2n) is 6.10. The van der Waals surface area contributed by atoms with Gasteiger partial charge in [0.25, 0.3) is 5.56 Å². The summed E-state index contributed by atoms with van der Waals surface area (Å²) < 4.78 is 1.55. The van der Waals surface area contributed by atoms with Gasteiger partial charge in [-0.25, -0.2) is 4.98 Å². The van der Waals surface area contributed by atoms with E-state index in [1.807, 2.05) is 32.0 Å². The van der Waals surface area contributed by atoms with Crippen molar-refractivity contribution in [2.45, 2.75) is 18.9 Å². The predicted octanol–water partition coefficient (Wildman–Crippen LogP) is 4.23. The van der Waals surface area contributed by atoms with Gasteiger partial charge in [0.15, 0.2) is 5.03 Å². The summed E-state index contributed by atoms with van der Waals surface area (Å²) in [4.78, 5) is 29.0. The van der Waals surface area contributed by atoms with Crippen LogP contribution >= 0.6 is 23.4 Å². The molecule has 138 valence electrons. The Balaban J connectivity index is 1.73. The van der Waals surface area contributed by atoms with Gasteiger partial charge in [-0.2, -0.15) is 0 Å². The van der Waals surface area contributed by atoms with Crippen LogP contribution in [0.15, 0.2) is 64.7 Å². The second-order valence-corrected chi connectivity index (χ2v) is 7.50. The van der Waals surface area contributed by atoms with Crippen LogP contribution in [0.25, 0.3) is 5.69 Å². The van der Waals surface area contributed by atoms with Crippen molar-refractivity contribution in [3.05, 3.63) is 81.4 Å². The molecule has 1 heterocycles. The molecule has 2 aromatic carbocycles. The molecule has 0 radical (unpaired) electrons. The van der Waals surface area contributed by atoms with E-state index in [-0.39, 0.29) is 22.2 Å². The fourth-order valence-corrected chi connectivity index (χ4v) is 3.47. The van der Waals surface area contributed by atoms with E-state index < -0.39 is 0 Å². The van der Waals surface area contributed by atoms with Gasteiger partial charge in [0.2, 0.25) is 5.91 Å². The molecule has 1 amide bonds. The number of thioether (sulfide) groups is 1. The molecule has 3 rings (SSSR count). The van der Waals surface area contributed by atoms with E-state index in [1.54, 1.807) is 41.2 Å². The molecule has 1 N–H and O–H groups in total. The van der Waals surface area contributed by atoms with Crippen molar-refractivity contribution >= 4 is 35.0 Å². The van der Waals surface area contributed by atoms with Crippen LogP contribution in [-0.2, 0) is 4.79 Å². The minimum Gasteiger partial charge on any atom is -0.325 e. The summed E-state index contributed by atoms with van der Waals surface area (Å²) in [6.45, 7) is 3.97. The highest BCUT2D eigenvalue weighted by atomic mass is 35.5. The van der Waals surface area contributed by atoms with Gasteiger partial charge in [0.1, 0.15) is 0 Å². The maximum Gasteiger partial charge on any atom is 0.287 e. The molecule has 0 unspecified atom stereocenters. The number of carbonyl (C=O) groups excluding carboxylic acids is 1. The van der Waals surface area contributed by atoms with E-state index in [4.69, 9.17) is 11.6 Å². The van der Waals surface area contributed by atoms with Gasteiger partial charge < -0.3 is 5.32 Å². The third-order valence-electron chi connectivity index (χ3n) is 3.76. The smallest absolute Gasteiger partial charge is 0.287 e. The first-order valence-electron chi connectivity index (χ1n) is 8.27. The number of hydrogen-bond acceptors (Lipinski definition) is 4. The quantitative estimate of drug-likeness (QED) is 0.652. The molecule has 0 aliphatic carbocycles. The molecular weight excluding hydrogens is 382 g/mol. The van der Waals surface area contributed by atoms with Crippen LogP contribution < -0.4 is 10.9 Å². The van der Waals surface area contributed by atoms with Crippen molar-refractivity contribution in [1.29, 1.82) is 0 Å². The van der Waals surface area contributed by atoms with Gasteiger partial charge in [-0.1, -0.05) is 29.4 Å². The summed E-state index contributed by atoms with van der Waals surface area (Å²) in [7, 11) is 0. The molecule has 0 aliphatic heterocycles. The van der Waals surface area contributed by atoms with Crippen molar-refractivity contribution in [3.8, 4) is 5.69 Å². The average Bonchev–Trinajstić information content (AvgIpc) is 2.62. The monoisotopic (exact) mass is 399 g/mol. The van der Waals surface area contributed by atoms with Crippen LogP contribution in [0, 0.1) is 13.8 Å². The molecule has 0 fully saturated rings. The molecule has 1 aromatic heterocycles. The second kappa shape index (κ2) is 8.41. The number of aromatic nitrogens is 2. The van der Waals surface area contributed by atoms with Crippen LogP contribution in [-0.4, -0.2) is 21.2 Å². The number of benzene rings is 2. The Morgan fingerprint density at radius 2 is 1.81 bits per heavy atom. The van der Waals surface area contributed by atoms with Crippen molar-refractivity contribution in [2.75, 3.05) is 11.1 Å². The van der Waals surface area contributed by atoms with E-state index in [0.717, 1.165) is 28.6 Å². The Morgan fingerprint density at radius 1 is 1.15 bits per heavy atom. The van der Waals surface area contributed by atoms with Crippen molar-refractivity contribution in [1.82, 2.24) is 9.55 Å². The van der Waals surface area contributed by atoms with Gasteiger partial charge in [-0.3, -0.25) is 14.2 Å². The van der Waals surface area contributed by atoms with E-state index >= 15 is 0 Å². The number of anilines is 1. The van der Waals surface area contributed by atoms with E-state index in [9.17, 15) is 9.59 Å². The maximum absolute atomic E-state index is 12.7. The van der Waals surface area contributed by atoms with Gasteiger partial charge in [0, 0.05) is 28.8 Å². The van der Waals surface area contributed by atoms with Gasteiger partial charge in [-0.05, 0) is 61.4 Å². The van der Waals surface area contributed by atoms with Gasteiger partial charge in [0.05, 0.1) is 5.75 Å². The first-order valence-corrected chi connectivity index (χ1v) is 9.63. The average molecular weight is 400 g/mol. The van der Waals surface area contributed by atoms with Crippen LogP contribution in [0.2, 0.25) is 5.02 Å². The van der Waals surface area contributed by atoms with Crippen LogP contribution in [0.3, 0.4) is 0 Å². The fourth-order valence-electron chi connectivity index (χ4n) is 2.65. The fraction of sp³-hybridized carbons (Fsp3) is 0.150. The number of aryl methyl sites for hydroxylation is 2. The van der Waals surface area contributed by atoms with E-state index in [1.165, 1.54) is 0 Å². The lowest BCUT2D eigenvalue weighted by molar-refractivity contribution is -0.113. The molecule has 7 heteroatoms. The zero-order valence-electron chi connectivity index (χ0n) is 14.9. The molecule has 5 nitrogen and oxygen atoms in total. The number of carbonyl (C=O) groups is 1. The third kappa shape index (κ3) is 4.99. The number of rotatable bonds is 5. The minimum atomic E-state index is -0.244. The van der Waals surface area contributed by atoms with Gasteiger partial charge >= 0.3 is 0 Å². The SMILES string of the molecule is Cc1cc(C)cc(-n2ccnc(SCC(=O)Nc3ccc(Cl)cc3)c2=O)c1. The maximum atomic E-state index is 12.7. The molecule has 0 atom stereocenters. The molecular formula is C20H18ClN3O2S. The lowest BCUT2D eigenvalue weighted by Gasteiger charge is -2.09. The highest BCUT2D eigenvalue weighted by Gasteiger charge is 2.11. The lowest BCUT2D eigenvalue weighted by atomic mass is 10.1. The first kappa shape index (κ1) is 19.2. The Bertz CT molecular complexity index is 1010. The molecule has 3 aromatic rings. The summed E-state index contributed by atoms with van der Waals surface area (Å²) in [5, 5.41) is 3.65. The Hall–Kier alpha value is -2.57. The number of hydrogen-bond donors (Lipinski definition) is 1. The molecule has 27 heavy (non-hydrogen) atoms. The molecule has 0 saturated heterocycles. The Morgan fingerprint density at radius 3 is 2.48 bits per heavy atom. The summed E-state index contributed by atoms with van der Waals surface area (Å²) in [6, 6.07) is 12.8. The zero-order chi connectivity index (χ0) is 19.4. The molecule has 0 aliphatic rings. The Kier molecular flexibility index (Phi) is 5.98. The topological polar surface area (TPSA) is 64.0 Å². The normalized spacial score (nSPS) is 10.6. The van der Waals surface area contributed by atoms with Crippen LogP contribution in [0.5, 0.6) is 0 Å². The molecule has 0 bridgehead atoms. The zero-order valence-corrected chi connectivity index (χ0v) is 16.5. The van der Waals surface area contributed by atoms with E-state index in [0.29, 0.717) is 10.7 Å². The minimum absolute atomic E-state index is 0.0850. The summed E-state index contributed by atoms with van der Waals surface area (Å²) in [5.74, 6) is -0.132. The van der Waals surface area contributed by atoms with E-state index in [2.05, 4.69) is 10.3 Å². The largest absolute Gasteiger partial charge is 0.325 e. The predicted molar refractivity (Wildman–Crippen MR) is 110 cm³/mol. The van der Waals surface area contributed by atoms with Crippen molar-refractivity contribution in [3.63, 3.8) is 0 Å². The van der Waals surface area contributed by atoms with Crippen LogP contribution in [0.1, 0.15) is 11.1 Å². The highest BCUT2D eigenvalue weighted by molar-refractivity contribution is 7.99. The molecule has 0 spiro atoms. The Labute approximate surface area is 166 Å². The number of nitrogens with zero attached hydrogens (tertiary/aromatic N) is 2. The number of amides is 1. The van der Waals surface area contributed by atoms with Crippen LogP contribution in [0.4, 0.5) is 5.69 Å².